The molecule has 37 heavy (non-hydrogen) atoms. The summed E-state index contributed by atoms with van der Waals surface area (Å²) in [6.07, 6.45) is 0.301. The van der Waals surface area contributed by atoms with E-state index in [1.807, 2.05) is 54.6 Å². The predicted octanol–water partition coefficient (Wildman–Crippen LogP) is 4.78. The number of nitrogens with one attached hydrogen (secondary N) is 1. The number of rotatable bonds is 6. The van der Waals surface area contributed by atoms with Gasteiger partial charge in [-0.1, -0.05) is 60.7 Å². The van der Waals surface area contributed by atoms with E-state index in [9.17, 15) is 14.4 Å². The van der Waals surface area contributed by atoms with Crippen LogP contribution in [0, 0.1) is 0 Å². The van der Waals surface area contributed by atoms with E-state index in [0.717, 1.165) is 33.3 Å². The number of fused-ring (bicyclic) bond motifs is 3. The van der Waals surface area contributed by atoms with E-state index in [0.29, 0.717) is 12.0 Å². The molecule has 0 bridgehead atoms. The Morgan fingerprint density at radius 3 is 2.38 bits per heavy atom. The zero-order valence-corrected chi connectivity index (χ0v) is 20.9. The Hall–Kier alpha value is -4.10. The SMILES string of the molecule is COC(=O)[C@H]1Cc2c([nH]c3ccccc23)[C@@H](c2ccc(C(=O)OCc3ccccc3)cc2)N1C(=O)CCl. The van der Waals surface area contributed by atoms with Gasteiger partial charge in [0.05, 0.1) is 18.7 Å². The number of benzene rings is 3. The summed E-state index contributed by atoms with van der Waals surface area (Å²) in [5, 5.41) is 0.982. The van der Waals surface area contributed by atoms with Gasteiger partial charge in [-0.25, -0.2) is 9.59 Å². The first-order valence-electron chi connectivity index (χ1n) is 11.9. The lowest BCUT2D eigenvalue weighted by atomic mass is 9.87. The molecule has 1 N–H and O–H groups in total. The van der Waals surface area contributed by atoms with Crippen molar-refractivity contribution in [3.63, 3.8) is 0 Å². The highest BCUT2D eigenvalue weighted by molar-refractivity contribution is 6.27. The number of para-hydroxylation sites is 1. The number of ether oxygens (including phenoxy) is 2. The highest BCUT2D eigenvalue weighted by Gasteiger charge is 2.43. The van der Waals surface area contributed by atoms with Crippen molar-refractivity contribution in [1.29, 1.82) is 0 Å². The van der Waals surface area contributed by atoms with E-state index in [1.165, 1.54) is 12.0 Å². The number of hydrogen-bond acceptors (Lipinski definition) is 5. The third-order valence-corrected chi connectivity index (χ3v) is 6.91. The molecule has 0 spiro atoms. The number of H-pyrrole nitrogens is 1. The fourth-order valence-electron chi connectivity index (χ4n) is 4.94. The van der Waals surface area contributed by atoms with E-state index >= 15 is 0 Å². The third-order valence-electron chi connectivity index (χ3n) is 6.68. The minimum absolute atomic E-state index is 0.168. The number of hydrogen-bond donors (Lipinski definition) is 1. The van der Waals surface area contributed by atoms with Crippen molar-refractivity contribution in [3.05, 3.63) is 107 Å². The average molecular weight is 517 g/mol. The summed E-state index contributed by atoms with van der Waals surface area (Å²) in [6.45, 7) is 0.168. The number of halogens is 1. The van der Waals surface area contributed by atoms with Gasteiger partial charge < -0.3 is 19.4 Å². The van der Waals surface area contributed by atoms with Crippen LogP contribution in [0.15, 0.2) is 78.9 Å². The van der Waals surface area contributed by atoms with Crippen LogP contribution < -0.4 is 0 Å². The molecule has 2 atom stereocenters. The Labute approximate surface area is 218 Å². The zero-order chi connectivity index (χ0) is 25.9. The minimum Gasteiger partial charge on any atom is -0.467 e. The summed E-state index contributed by atoms with van der Waals surface area (Å²) in [6, 6.07) is 22.6. The number of carbonyl (C=O) groups is 3. The van der Waals surface area contributed by atoms with Crippen LogP contribution in [0.2, 0.25) is 0 Å². The van der Waals surface area contributed by atoms with Gasteiger partial charge >= 0.3 is 11.9 Å². The Balaban J connectivity index is 1.52. The number of esters is 2. The second-order valence-electron chi connectivity index (χ2n) is 8.83. The molecule has 0 radical (unpaired) electrons. The molecule has 1 aromatic heterocycles. The second-order valence-corrected chi connectivity index (χ2v) is 9.09. The molecule has 8 heteroatoms. The van der Waals surface area contributed by atoms with Crippen LogP contribution in [0.1, 0.15) is 38.8 Å². The van der Waals surface area contributed by atoms with E-state index < -0.39 is 29.9 Å². The summed E-state index contributed by atoms with van der Waals surface area (Å²) in [5.74, 6) is -1.64. The monoisotopic (exact) mass is 516 g/mol. The van der Waals surface area contributed by atoms with Crippen LogP contribution in [-0.2, 0) is 32.1 Å². The van der Waals surface area contributed by atoms with Gasteiger partial charge in [-0.15, -0.1) is 11.6 Å². The molecule has 0 unspecified atom stereocenters. The first-order chi connectivity index (χ1) is 18.0. The number of amides is 1. The summed E-state index contributed by atoms with van der Waals surface area (Å²) in [5.41, 5.74) is 4.65. The van der Waals surface area contributed by atoms with Crippen LogP contribution in [0.5, 0.6) is 0 Å². The molecule has 188 valence electrons. The lowest BCUT2D eigenvalue weighted by Gasteiger charge is -2.40. The van der Waals surface area contributed by atoms with Crippen LogP contribution in [0.4, 0.5) is 0 Å². The molecular formula is C29H25ClN2O5. The van der Waals surface area contributed by atoms with Crippen LogP contribution in [0.25, 0.3) is 10.9 Å². The molecule has 2 heterocycles. The standard InChI is InChI=1S/C29H25ClN2O5/c1-36-29(35)24-15-22-21-9-5-6-10-23(21)31-26(22)27(32(24)25(33)16-30)19-11-13-20(14-12-19)28(34)37-17-18-7-3-2-4-8-18/h2-14,24,27,31H,15-17H2,1H3/t24-,27-/m1/s1. The van der Waals surface area contributed by atoms with Gasteiger partial charge in [0, 0.05) is 23.0 Å². The van der Waals surface area contributed by atoms with Gasteiger partial charge in [-0.3, -0.25) is 4.79 Å². The Morgan fingerprint density at radius 1 is 0.973 bits per heavy atom. The van der Waals surface area contributed by atoms with Crippen molar-refractivity contribution >= 4 is 40.3 Å². The molecule has 1 amide bonds. The van der Waals surface area contributed by atoms with Crippen molar-refractivity contribution < 1.29 is 23.9 Å². The van der Waals surface area contributed by atoms with Crippen molar-refractivity contribution in [2.75, 3.05) is 13.0 Å². The number of alkyl halides is 1. The molecule has 0 saturated heterocycles. The van der Waals surface area contributed by atoms with Crippen molar-refractivity contribution in [1.82, 2.24) is 9.88 Å². The third kappa shape index (κ3) is 4.70. The van der Waals surface area contributed by atoms with Gasteiger partial charge in [0.2, 0.25) is 5.91 Å². The number of aromatic nitrogens is 1. The molecule has 5 rings (SSSR count). The predicted molar refractivity (Wildman–Crippen MR) is 139 cm³/mol. The fourth-order valence-corrected chi connectivity index (χ4v) is 5.08. The summed E-state index contributed by atoms with van der Waals surface area (Å²) < 4.78 is 10.5. The van der Waals surface area contributed by atoms with Crippen molar-refractivity contribution in [2.45, 2.75) is 25.1 Å². The normalized spacial score (nSPS) is 16.8. The largest absolute Gasteiger partial charge is 0.467 e. The van der Waals surface area contributed by atoms with E-state index in [1.54, 1.807) is 24.3 Å². The van der Waals surface area contributed by atoms with Gasteiger partial charge in [0.1, 0.15) is 18.5 Å². The van der Waals surface area contributed by atoms with Crippen LogP contribution >= 0.6 is 11.6 Å². The van der Waals surface area contributed by atoms with Gasteiger partial charge in [-0.2, -0.15) is 0 Å². The second kappa shape index (κ2) is 10.5. The maximum atomic E-state index is 13.1. The maximum Gasteiger partial charge on any atom is 0.338 e. The molecule has 3 aromatic carbocycles. The van der Waals surface area contributed by atoms with E-state index in [4.69, 9.17) is 21.1 Å². The minimum atomic E-state index is -0.844. The lowest BCUT2D eigenvalue weighted by Crippen LogP contribution is -2.52. The lowest BCUT2D eigenvalue weighted by molar-refractivity contribution is -0.154. The average Bonchev–Trinajstić information content (AvgIpc) is 3.33. The van der Waals surface area contributed by atoms with Gasteiger partial charge in [-0.05, 0) is 34.9 Å². The summed E-state index contributed by atoms with van der Waals surface area (Å²) in [4.78, 5) is 43.5. The van der Waals surface area contributed by atoms with Crippen molar-refractivity contribution in [2.24, 2.45) is 0 Å². The zero-order valence-electron chi connectivity index (χ0n) is 20.1. The van der Waals surface area contributed by atoms with E-state index in [2.05, 4.69) is 4.98 Å². The number of aromatic amines is 1. The first kappa shape index (κ1) is 24.6. The quantitative estimate of drug-likeness (QED) is 0.294. The van der Waals surface area contributed by atoms with Crippen molar-refractivity contribution in [3.8, 4) is 0 Å². The molecule has 0 aliphatic carbocycles. The molecule has 1 aliphatic heterocycles. The number of nitrogens with zero attached hydrogens (tertiary/aromatic N) is 1. The Bertz CT molecular complexity index is 1450. The number of carbonyl (C=O) groups excluding carboxylic acids is 3. The Morgan fingerprint density at radius 2 is 1.68 bits per heavy atom. The first-order valence-corrected chi connectivity index (χ1v) is 12.4. The highest BCUT2D eigenvalue weighted by Crippen LogP contribution is 2.41. The molecule has 1 aliphatic rings. The van der Waals surface area contributed by atoms with E-state index in [-0.39, 0.29) is 12.5 Å². The molecule has 7 nitrogen and oxygen atoms in total. The van der Waals surface area contributed by atoms with Crippen LogP contribution in [-0.4, -0.2) is 46.8 Å². The molecule has 4 aromatic rings. The Kier molecular flexibility index (Phi) is 6.97. The molecular weight excluding hydrogens is 492 g/mol. The topological polar surface area (TPSA) is 88.7 Å². The molecule has 0 saturated carbocycles. The smallest absolute Gasteiger partial charge is 0.338 e. The number of methoxy groups -OCH3 is 1. The maximum absolute atomic E-state index is 13.1. The molecule has 0 fully saturated rings. The van der Waals surface area contributed by atoms with Gasteiger partial charge in [0.15, 0.2) is 0 Å². The fraction of sp³-hybridized carbons (Fsp3) is 0.207. The summed E-state index contributed by atoms with van der Waals surface area (Å²) in [7, 11) is 1.31. The highest BCUT2D eigenvalue weighted by atomic mass is 35.5. The van der Waals surface area contributed by atoms with Crippen LogP contribution in [0.3, 0.4) is 0 Å². The van der Waals surface area contributed by atoms with Gasteiger partial charge in [0.25, 0.3) is 0 Å². The summed E-state index contributed by atoms with van der Waals surface area (Å²) >= 11 is 5.99.